The smallest absolute Gasteiger partial charge is 0.126 e. The monoisotopic (exact) mass is 417 g/mol. The van der Waals surface area contributed by atoms with Gasteiger partial charge < -0.3 is 5.32 Å². The first-order valence-corrected chi connectivity index (χ1v) is 11.1. The van der Waals surface area contributed by atoms with Crippen LogP contribution in [-0.2, 0) is 6.54 Å². The Balaban J connectivity index is 1.27. The van der Waals surface area contributed by atoms with Gasteiger partial charge in [0.15, 0.2) is 0 Å². The van der Waals surface area contributed by atoms with Crippen LogP contribution in [-0.4, -0.2) is 45.5 Å². The van der Waals surface area contributed by atoms with E-state index < -0.39 is 0 Å². The van der Waals surface area contributed by atoms with Crippen LogP contribution in [0.5, 0.6) is 0 Å². The molecule has 3 aromatic rings. The summed E-state index contributed by atoms with van der Waals surface area (Å²) in [6.07, 6.45) is 4.25. The summed E-state index contributed by atoms with van der Waals surface area (Å²) in [7, 11) is 0. The lowest BCUT2D eigenvalue weighted by Gasteiger charge is -2.50. The number of pyridine rings is 1. The number of piperidine rings is 3. The van der Waals surface area contributed by atoms with Crippen molar-refractivity contribution in [2.75, 3.05) is 19.6 Å². The first kappa shape index (κ1) is 20.2. The van der Waals surface area contributed by atoms with E-state index in [0.717, 1.165) is 54.6 Å². The van der Waals surface area contributed by atoms with Crippen molar-refractivity contribution in [1.29, 1.82) is 0 Å². The van der Waals surface area contributed by atoms with Gasteiger partial charge in [-0.2, -0.15) is 0 Å². The van der Waals surface area contributed by atoms with Crippen molar-refractivity contribution in [2.45, 2.75) is 38.3 Å². The second kappa shape index (κ2) is 8.81. The summed E-state index contributed by atoms with van der Waals surface area (Å²) in [6.45, 7) is 5.95. The minimum absolute atomic E-state index is 0.227. The molecule has 0 saturated carbocycles. The molecular weight excluding hydrogens is 389 g/mol. The number of nitrogens with one attached hydrogen (secondary N) is 1. The Bertz CT molecular complexity index is 1020. The maximum Gasteiger partial charge on any atom is 0.126 e. The van der Waals surface area contributed by atoms with Gasteiger partial charge in [-0.25, -0.2) is 14.4 Å². The third-order valence-corrected chi connectivity index (χ3v) is 6.67. The molecule has 3 aliphatic rings. The molecule has 6 heteroatoms. The minimum Gasteiger partial charge on any atom is -0.310 e. The third-order valence-electron chi connectivity index (χ3n) is 6.67. The van der Waals surface area contributed by atoms with Gasteiger partial charge in [0.25, 0.3) is 0 Å². The van der Waals surface area contributed by atoms with E-state index in [1.807, 2.05) is 25.3 Å². The standard InChI is InChI=1S/C25H28FN5/c1-17-29-24(18-5-7-20(26)8-6-18)13-25(30-17)23-16-31-11-9-19(23)12-22(31)15-27-14-21-4-2-3-10-28-21/h2-8,10,13,19,22-23,27H,9,11-12,14-16H2,1H3/t19-,22+,23+/m0/s1. The van der Waals surface area contributed by atoms with Crippen molar-refractivity contribution < 1.29 is 4.39 Å². The number of aromatic nitrogens is 3. The lowest BCUT2D eigenvalue weighted by Crippen LogP contribution is -2.55. The topological polar surface area (TPSA) is 53.9 Å². The quantitative estimate of drug-likeness (QED) is 0.658. The molecule has 1 N–H and O–H groups in total. The lowest BCUT2D eigenvalue weighted by atomic mass is 9.74. The molecule has 2 bridgehead atoms. The number of nitrogens with zero attached hydrogens (tertiary/aromatic N) is 4. The molecule has 3 aliphatic heterocycles. The van der Waals surface area contributed by atoms with Gasteiger partial charge in [-0.05, 0) is 74.7 Å². The lowest BCUT2D eigenvalue weighted by molar-refractivity contribution is 0.0292. The fourth-order valence-electron chi connectivity index (χ4n) is 5.10. The molecule has 5 heterocycles. The molecule has 6 rings (SSSR count). The third kappa shape index (κ3) is 4.50. The van der Waals surface area contributed by atoms with E-state index in [-0.39, 0.29) is 5.82 Å². The van der Waals surface area contributed by atoms with E-state index in [2.05, 4.69) is 32.3 Å². The average molecular weight is 418 g/mol. The number of hydrogen-bond acceptors (Lipinski definition) is 5. The van der Waals surface area contributed by atoms with Gasteiger partial charge >= 0.3 is 0 Å². The van der Waals surface area contributed by atoms with Crippen LogP contribution in [0.1, 0.15) is 36.0 Å². The first-order chi connectivity index (χ1) is 15.2. The van der Waals surface area contributed by atoms with Gasteiger partial charge in [-0.1, -0.05) is 6.07 Å². The number of rotatable bonds is 6. The van der Waals surface area contributed by atoms with Crippen LogP contribution in [0.2, 0.25) is 0 Å². The number of hydrogen-bond donors (Lipinski definition) is 1. The van der Waals surface area contributed by atoms with E-state index in [0.29, 0.717) is 17.9 Å². The normalized spacial score (nSPS) is 25.0. The highest BCUT2D eigenvalue weighted by Crippen LogP contribution is 2.41. The highest BCUT2D eigenvalue weighted by molar-refractivity contribution is 5.59. The van der Waals surface area contributed by atoms with Crippen LogP contribution in [0.3, 0.4) is 0 Å². The van der Waals surface area contributed by atoms with Gasteiger partial charge in [0.05, 0.1) is 11.4 Å². The highest BCUT2D eigenvalue weighted by atomic mass is 19.1. The molecule has 1 unspecified atom stereocenters. The van der Waals surface area contributed by atoms with Crippen molar-refractivity contribution in [3.63, 3.8) is 0 Å². The fraction of sp³-hybridized carbons (Fsp3) is 0.400. The van der Waals surface area contributed by atoms with Crippen molar-refractivity contribution >= 4 is 0 Å². The molecule has 3 saturated heterocycles. The van der Waals surface area contributed by atoms with Crippen LogP contribution in [0, 0.1) is 18.7 Å². The molecule has 0 amide bonds. The number of fused-ring (bicyclic) bond motifs is 3. The van der Waals surface area contributed by atoms with E-state index in [9.17, 15) is 4.39 Å². The Morgan fingerprint density at radius 3 is 2.74 bits per heavy atom. The molecule has 2 aromatic heterocycles. The Morgan fingerprint density at radius 1 is 1.13 bits per heavy atom. The molecule has 160 valence electrons. The maximum atomic E-state index is 13.3. The zero-order chi connectivity index (χ0) is 21.2. The van der Waals surface area contributed by atoms with Gasteiger partial charge in [-0.3, -0.25) is 9.88 Å². The molecule has 4 atom stereocenters. The van der Waals surface area contributed by atoms with Gasteiger partial charge in [0.1, 0.15) is 11.6 Å². The molecular formula is C25H28FN5. The van der Waals surface area contributed by atoms with Crippen LogP contribution >= 0.6 is 0 Å². The molecule has 1 aromatic carbocycles. The largest absolute Gasteiger partial charge is 0.310 e. The first-order valence-electron chi connectivity index (χ1n) is 11.1. The summed E-state index contributed by atoms with van der Waals surface area (Å²) in [5.41, 5.74) is 4.03. The highest BCUT2D eigenvalue weighted by Gasteiger charge is 2.41. The second-order valence-electron chi connectivity index (χ2n) is 8.72. The molecule has 0 aliphatic carbocycles. The zero-order valence-corrected chi connectivity index (χ0v) is 17.8. The predicted molar refractivity (Wildman–Crippen MR) is 119 cm³/mol. The average Bonchev–Trinajstić information content (AvgIpc) is 2.80. The van der Waals surface area contributed by atoms with Gasteiger partial charge in [0.2, 0.25) is 0 Å². The van der Waals surface area contributed by atoms with Crippen molar-refractivity contribution in [1.82, 2.24) is 25.2 Å². The SMILES string of the molecule is Cc1nc(-c2ccc(F)cc2)cc([C@@H]2CN3CC[C@H]2C[C@@H]3CNCc2ccccn2)n1. The Labute approximate surface area is 182 Å². The maximum absolute atomic E-state index is 13.3. The molecule has 0 radical (unpaired) electrons. The summed E-state index contributed by atoms with van der Waals surface area (Å²) in [5.74, 6) is 1.63. The minimum atomic E-state index is -0.227. The van der Waals surface area contributed by atoms with Crippen molar-refractivity contribution in [2.24, 2.45) is 5.92 Å². The summed E-state index contributed by atoms with van der Waals surface area (Å²) in [4.78, 5) is 16.4. The van der Waals surface area contributed by atoms with Crippen LogP contribution in [0.4, 0.5) is 4.39 Å². The second-order valence-corrected chi connectivity index (χ2v) is 8.72. The van der Waals surface area contributed by atoms with E-state index in [4.69, 9.17) is 4.98 Å². The summed E-state index contributed by atoms with van der Waals surface area (Å²) in [6, 6.07) is 15.3. The summed E-state index contributed by atoms with van der Waals surface area (Å²) in [5, 5.41) is 3.59. The van der Waals surface area contributed by atoms with Crippen LogP contribution < -0.4 is 5.32 Å². The number of halogens is 1. The van der Waals surface area contributed by atoms with Gasteiger partial charge in [0, 0.05) is 49.0 Å². The van der Waals surface area contributed by atoms with E-state index >= 15 is 0 Å². The van der Waals surface area contributed by atoms with E-state index in [1.165, 1.54) is 25.0 Å². The fourth-order valence-corrected chi connectivity index (χ4v) is 5.10. The Morgan fingerprint density at radius 2 is 2.00 bits per heavy atom. The molecule has 5 nitrogen and oxygen atoms in total. The Kier molecular flexibility index (Phi) is 5.74. The Hall–Kier alpha value is -2.70. The predicted octanol–water partition coefficient (Wildman–Crippen LogP) is 3.95. The van der Waals surface area contributed by atoms with Crippen LogP contribution in [0.25, 0.3) is 11.3 Å². The van der Waals surface area contributed by atoms with Gasteiger partial charge in [-0.15, -0.1) is 0 Å². The molecule has 31 heavy (non-hydrogen) atoms. The van der Waals surface area contributed by atoms with E-state index in [1.54, 1.807) is 12.1 Å². The zero-order valence-electron chi connectivity index (χ0n) is 17.8. The van der Waals surface area contributed by atoms with Crippen molar-refractivity contribution in [3.8, 4) is 11.3 Å². The summed E-state index contributed by atoms with van der Waals surface area (Å²) < 4.78 is 13.3. The molecule has 0 spiro atoms. The number of aryl methyl sites for hydroxylation is 1. The van der Waals surface area contributed by atoms with Crippen LogP contribution in [0.15, 0.2) is 54.7 Å². The van der Waals surface area contributed by atoms with Crippen molar-refractivity contribution in [3.05, 3.63) is 77.8 Å². The summed E-state index contributed by atoms with van der Waals surface area (Å²) >= 11 is 0. The molecule has 3 fully saturated rings. The number of benzene rings is 1.